The Labute approximate surface area is 125 Å². The maximum absolute atomic E-state index is 12.6. The first-order chi connectivity index (χ1) is 9.80. The van der Waals surface area contributed by atoms with E-state index in [9.17, 15) is 8.42 Å². The Morgan fingerprint density at radius 1 is 1.29 bits per heavy atom. The van der Waals surface area contributed by atoms with Gasteiger partial charge in [-0.1, -0.05) is 12.1 Å². The molecule has 0 fully saturated rings. The molecule has 0 aliphatic rings. The van der Waals surface area contributed by atoms with Crippen molar-refractivity contribution in [2.45, 2.75) is 31.3 Å². The second-order valence-corrected chi connectivity index (χ2v) is 7.18. The number of aryl methyl sites for hydroxylation is 1. The van der Waals surface area contributed by atoms with Crippen LogP contribution in [0.25, 0.3) is 0 Å². The SMILES string of the molecule is Cc1ccc(CN(C)S(=O)(=O)c2cccc(C(C)N)c2)o1. The van der Waals surface area contributed by atoms with Crippen molar-refractivity contribution >= 4 is 10.0 Å². The van der Waals surface area contributed by atoms with Crippen LogP contribution < -0.4 is 5.73 Å². The highest BCUT2D eigenvalue weighted by molar-refractivity contribution is 7.89. The first kappa shape index (κ1) is 15.8. The maximum atomic E-state index is 12.6. The molecule has 2 aromatic rings. The predicted octanol–water partition coefficient (Wildman–Crippen LogP) is 2.43. The lowest BCUT2D eigenvalue weighted by Gasteiger charge is -2.17. The van der Waals surface area contributed by atoms with Crippen LogP contribution in [0.2, 0.25) is 0 Å². The molecule has 1 unspecified atom stereocenters. The van der Waals surface area contributed by atoms with Crippen molar-refractivity contribution in [3.63, 3.8) is 0 Å². The highest BCUT2D eigenvalue weighted by Crippen LogP contribution is 2.20. The first-order valence-corrected chi connectivity index (χ1v) is 8.12. The van der Waals surface area contributed by atoms with E-state index in [4.69, 9.17) is 10.2 Å². The topological polar surface area (TPSA) is 76.5 Å². The predicted molar refractivity (Wildman–Crippen MR) is 81.1 cm³/mol. The third-order valence-electron chi connectivity index (χ3n) is 3.27. The molecule has 0 radical (unpaired) electrons. The van der Waals surface area contributed by atoms with Crippen molar-refractivity contribution in [2.75, 3.05) is 7.05 Å². The van der Waals surface area contributed by atoms with Gasteiger partial charge in [-0.25, -0.2) is 8.42 Å². The summed E-state index contributed by atoms with van der Waals surface area (Å²) in [6, 6.07) is 10.1. The van der Waals surface area contributed by atoms with Gasteiger partial charge in [-0.15, -0.1) is 0 Å². The van der Waals surface area contributed by atoms with Crippen molar-refractivity contribution in [1.82, 2.24) is 4.31 Å². The van der Waals surface area contributed by atoms with Crippen LogP contribution in [0.15, 0.2) is 45.7 Å². The summed E-state index contributed by atoms with van der Waals surface area (Å²) in [4.78, 5) is 0.239. The minimum Gasteiger partial charge on any atom is -0.465 e. The molecule has 2 rings (SSSR count). The van der Waals surface area contributed by atoms with Gasteiger partial charge in [0.05, 0.1) is 11.4 Å². The smallest absolute Gasteiger partial charge is 0.243 e. The fraction of sp³-hybridized carbons (Fsp3) is 0.333. The Morgan fingerprint density at radius 2 is 2.00 bits per heavy atom. The third-order valence-corrected chi connectivity index (χ3v) is 5.07. The molecule has 21 heavy (non-hydrogen) atoms. The van der Waals surface area contributed by atoms with Gasteiger partial charge in [-0.2, -0.15) is 4.31 Å². The summed E-state index contributed by atoms with van der Waals surface area (Å²) in [7, 11) is -2.03. The summed E-state index contributed by atoms with van der Waals surface area (Å²) in [5.74, 6) is 1.37. The molecule has 0 saturated carbocycles. The van der Waals surface area contributed by atoms with Crippen LogP contribution in [0, 0.1) is 6.92 Å². The summed E-state index contributed by atoms with van der Waals surface area (Å²) >= 11 is 0. The first-order valence-electron chi connectivity index (χ1n) is 6.68. The Bertz CT molecular complexity index is 720. The number of furan rings is 1. The molecule has 2 N–H and O–H groups in total. The highest BCUT2D eigenvalue weighted by Gasteiger charge is 2.22. The van der Waals surface area contributed by atoms with Crippen molar-refractivity contribution in [2.24, 2.45) is 5.73 Å². The van der Waals surface area contributed by atoms with E-state index in [0.717, 1.165) is 11.3 Å². The van der Waals surface area contributed by atoms with E-state index in [0.29, 0.717) is 5.76 Å². The number of hydrogen-bond donors (Lipinski definition) is 1. The monoisotopic (exact) mass is 308 g/mol. The second kappa shape index (κ2) is 6.01. The van der Waals surface area contributed by atoms with E-state index < -0.39 is 10.0 Å². The van der Waals surface area contributed by atoms with E-state index in [1.165, 1.54) is 11.4 Å². The van der Waals surface area contributed by atoms with Crippen molar-refractivity contribution < 1.29 is 12.8 Å². The fourth-order valence-electron chi connectivity index (χ4n) is 2.01. The van der Waals surface area contributed by atoms with E-state index in [1.54, 1.807) is 24.3 Å². The molecule has 1 aromatic heterocycles. The summed E-state index contributed by atoms with van der Waals surface area (Å²) in [6.45, 7) is 3.84. The van der Waals surface area contributed by atoms with E-state index in [1.807, 2.05) is 26.0 Å². The van der Waals surface area contributed by atoms with Gasteiger partial charge in [-0.3, -0.25) is 0 Å². The fourth-order valence-corrected chi connectivity index (χ4v) is 3.21. The summed E-state index contributed by atoms with van der Waals surface area (Å²) in [6.07, 6.45) is 0. The molecular formula is C15H20N2O3S. The molecule has 1 aromatic carbocycles. The van der Waals surface area contributed by atoms with Crippen LogP contribution in [-0.2, 0) is 16.6 Å². The minimum atomic E-state index is -3.57. The van der Waals surface area contributed by atoms with Crippen molar-refractivity contribution in [3.05, 3.63) is 53.5 Å². The molecule has 0 saturated heterocycles. The second-order valence-electron chi connectivity index (χ2n) is 5.13. The average Bonchev–Trinajstić information content (AvgIpc) is 2.84. The Kier molecular flexibility index (Phi) is 4.51. The van der Waals surface area contributed by atoms with Gasteiger partial charge >= 0.3 is 0 Å². The number of nitrogens with two attached hydrogens (primary N) is 1. The average molecular weight is 308 g/mol. The van der Waals surface area contributed by atoms with Gasteiger partial charge < -0.3 is 10.2 Å². The molecule has 0 aliphatic carbocycles. The highest BCUT2D eigenvalue weighted by atomic mass is 32.2. The Hall–Kier alpha value is -1.63. The van der Waals surface area contributed by atoms with Crippen LogP contribution >= 0.6 is 0 Å². The number of hydrogen-bond acceptors (Lipinski definition) is 4. The van der Waals surface area contributed by atoms with Gasteiger partial charge in [-0.05, 0) is 43.7 Å². The third kappa shape index (κ3) is 3.53. The van der Waals surface area contributed by atoms with Gasteiger partial charge in [0.15, 0.2) is 0 Å². The lowest BCUT2D eigenvalue weighted by Crippen LogP contribution is -2.26. The van der Waals surface area contributed by atoms with Gasteiger partial charge in [0, 0.05) is 13.1 Å². The quantitative estimate of drug-likeness (QED) is 0.920. The molecule has 114 valence electrons. The molecule has 0 bridgehead atoms. The number of nitrogens with zero attached hydrogens (tertiary/aromatic N) is 1. The van der Waals surface area contributed by atoms with Crippen LogP contribution in [0.4, 0.5) is 0 Å². The van der Waals surface area contributed by atoms with Gasteiger partial charge in [0.25, 0.3) is 0 Å². The normalized spacial score (nSPS) is 13.6. The molecule has 1 atom stereocenters. The molecule has 6 heteroatoms. The number of sulfonamides is 1. The van der Waals surface area contributed by atoms with Crippen LogP contribution in [0.3, 0.4) is 0 Å². The van der Waals surface area contributed by atoms with E-state index in [2.05, 4.69) is 0 Å². The Balaban J connectivity index is 2.26. The number of benzene rings is 1. The largest absolute Gasteiger partial charge is 0.465 e. The Morgan fingerprint density at radius 3 is 2.57 bits per heavy atom. The zero-order valence-corrected chi connectivity index (χ0v) is 13.2. The zero-order valence-electron chi connectivity index (χ0n) is 12.4. The molecule has 0 spiro atoms. The summed E-state index contributed by atoms with van der Waals surface area (Å²) in [5.41, 5.74) is 6.59. The maximum Gasteiger partial charge on any atom is 0.243 e. The van der Waals surface area contributed by atoms with Gasteiger partial charge in [0.1, 0.15) is 11.5 Å². The lowest BCUT2D eigenvalue weighted by molar-refractivity contribution is 0.397. The molecule has 5 nitrogen and oxygen atoms in total. The van der Waals surface area contributed by atoms with Gasteiger partial charge in [0.2, 0.25) is 10.0 Å². The van der Waals surface area contributed by atoms with Crippen LogP contribution in [0.5, 0.6) is 0 Å². The van der Waals surface area contributed by atoms with Crippen molar-refractivity contribution in [1.29, 1.82) is 0 Å². The molecule has 1 heterocycles. The van der Waals surface area contributed by atoms with Crippen LogP contribution in [-0.4, -0.2) is 19.8 Å². The molecular weight excluding hydrogens is 288 g/mol. The zero-order chi connectivity index (χ0) is 15.6. The summed E-state index contributed by atoms with van der Waals surface area (Å²) in [5, 5.41) is 0. The number of rotatable bonds is 5. The lowest BCUT2D eigenvalue weighted by atomic mass is 10.1. The van der Waals surface area contributed by atoms with Crippen LogP contribution in [0.1, 0.15) is 30.0 Å². The molecule has 0 aliphatic heterocycles. The molecule has 0 amide bonds. The standard InChI is InChI=1S/C15H20N2O3S/c1-11-7-8-14(20-11)10-17(3)21(18,19)15-6-4-5-13(9-15)12(2)16/h4-9,12H,10,16H2,1-3H3. The van der Waals surface area contributed by atoms with Crippen molar-refractivity contribution in [3.8, 4) is 0 Å². The van der Waals surface area contributed by atoms with E-state index >= 15 is 0 Å². The van der Waals surface area contributed by atoms with E-state index in [-0.39, 0.29) is 17.5 Å². The summed E-state index contributed by atoms with van der Waals surface area (Å²) < 4.78 is 31.8. The minimum absolute atomic E-state index is 0.193.